The minimum absolute atomic E-state index is 0.0980. The minimum atomic E-state index is -4.93. The highest BCUT2D eigenvalue weighted by Gasteiger charge is 2.41. The van der Waals surface area contributed by atoms with E-state index in [-0.39, 0.29) is 30.7 Å². The van der Waals surface area contributed by atoms with Gasteiger partial charge >= 0.3 is 12.4 Å². The third-order valence-electron chi connectivity index (χ3n) is 3.80. The summed E-state index contributed by atoms with van der Waals surface area (Å²) in [4.78, 5) is 13.1. The van der Waals surface area contributed by atoms with Crippen LogP contribution in [0.1, 0.15) is 38.2 Å². The van der Waals surface area contributed by atoms with Gasteiger partial charge in [0.1, 0.15) is 0 Å². The molecule has 11 heteroatoms. The van der Waals surface area contributed by atoms with E-state index in [9.17, 15) is 31.1 Å². The lowest BCUT2D eigenvalue weighted by Crippen LogP contribution is -2.20. The van der Waals surface area contributed by atoms with E-state index in [1.54, 1.807) is 0 Å². The fraction of sp³-hybridized carbons (Fsp3) is 0.235. The van der Waals surface area contributed by atoms with Gasteiger partial charge in [-0.3, -0.25) is 4.79 Å². The van der Waals surface area contributed by atoms with Crippen LogP contribution >= 0.6 is 63.7 Å². The molecule has 0 aliphatic rings. The van der Waals surface area contributed by atoms with E-state index >= 15 is 0 Å². The zero-order valence-corrected chi connectivity index (χ0v) is 19.8. The predicted molar refractivity (Wildman–Crippen MR) is 107 cm³/mol. The van der Waals surface area contributed by atoms with Crippen molar-refractivity contribution < 1.29 is 31.1 Å². The van der Waals surface area contributed by atoms with Crippen LogP contribution in [0.25, 0.3) is 0 Å². The summed E-state index contributed by atoms with van der Waals surface area (Å²) in [5.41, 5.74) is -3.81. The lowest BCUT2D eigenvalue weighted by molar-refractivity contribution is -0.138. The standard InChI is InChI=1S/C17H8Br4F6O/c18-5-7-1-3-9(16(22,23)24)11(13(7)20)15(28)12-10(17(25,26)27)4-2-8(6-19)14(12)21/h1-4H,5-6H2. The highest BCUT2D eigenvalue weighted by atomic mass is 79.9. The minimum Gasteiger partial charge on any atom is -0.288 e. The van der Waals surface area contributed by atoms with Crippen molar-refractivity contribution in [3.8, 4) is 0 Å². The summed E-state index contributed by atoms with van der Waals surface area (Å²) in [6.07, 6.45) is -9.87. The number of rotatable bonds is 4. The number of halogens is 10. The Morgan fingerprint density at radius 3 is 1.29 bits per heavy atom. The summed E-state index contributed by atoms with van der Waals surface area (Å²) in [7, 11) is 0. The van der Waals surface area contributed by atoms with Crippen molar-refractivity contribution in [1.29, 1.82) is 0 Å². The van der Waals surface area contributed by atoms with Crippen molar-refractivity contribution in [2.45, 2.75) is 23.0 Å². The number of ketones is 1. The van der Waals surface area contributed by atoms with Gasteiger partial charge in [-0.2, -0.15) is 26.3 Å². The van der Waals surface area contributed by atoms with E-state index in [1.165, 1.54) is 0 Å². The fourth-order valence-corrected chi connectivity index (χ4v) is 5.51. The zero-order chi connectivity index (χ0) is 21.4. The van der Waals surface area contributed by atoms with Crippen molar-refractivity contribution in [3.63, 3.8) is 0 Å². The van der Waals surface area contributed by atoms with E-state index in [0.717, 1.165) is 12.1 Å². The summed E-state index contributed by atoms with van der Waals surface area (Å²) in [5, 5.41) is 0.196. The molecule has 152 valence electrons. The van der Waals surface area contributed by atoms with Gasteiger partial charge in [-0.1, -0.05) is 44.0 Å². The lowest BCUT2D eigenvalue weighted by atomic mass is 9.92. The average molecular weight is 662 g/mol. The van der Waals surface area contributed by atoms with Crippen LogP contribution in [-0.2, 0) is 23.0 Å². The molecule has 2 aromatic rings. The molecule has 2 aromatic carbocycles. The van der Waals surface area contributed by atoms with Crippen LogP contribution in [0.4, 0.5) is 26.3 Å². The van der Waals surface area contributed by atoms with Gasteiger partial charge in [-0.25, -0.2) is 0 Å². The van der Waals surface area contributed by atoms with Gasteiger partial charge < -0.3 is 0 Å². The summed E-state index contributed by atoms with van der Waals surface area (Å²) >= 11 is 12.1. The highest BCUT2D eigenvalue weighted by molar-refractivity contribution is 9.11. The van der Waals surface area contributed by atoms with Crippen LogP contribution in [0, 0.1) is 0 Å². The van der Waals surface area contributed by atoms with Crippen LogP contribution in [0.5, 0.6) is 0 Å². The van der Waals surface area contributed by atoms with Crippen LogP contribution in [-0.4, -0.2) is 5.78 Å². The number of carbonyl (C=O) groups excluding carboxylic acids is 1. The van der Waals surface area contributed by atoms with Gasteiger partial charge in [0.05, 0.1) is 11.1 Å². The summed E-state index contributed by atoms with van der Waals surface area (Å²) in [6.45, 7) is 0. The molecule has 0 fully saturated rings. The molecular formula is C17H8Br4F6O. The van der Waals surface area contributed by atoms with Gasteiger partial charge in [0.25, 0.3) is 0 Å². The Morgan fingerprint density at radius 1 is 0.714 bits per heavy atom. The number of hydrogen-bond donors (Lipinski definition) is 0. The smallest absolute Gasteiger partial charge is 0.288 e. The Hall–Kier alpha value is -0.390. The summed E-state index contributed by atoms with van der Waals surface area (Å²) < 4.78 is 80.5. The average Bonchev–Trinajstić information content (AvgIpc) is 2.58. The molecule has 0 spiro atoms. The first-order chi connectivity index (χ1) is 12.8. The lowest BCUT2D eigenvalue weighted by Gasteiger charge is -2.20. The van der Waals surface area contributed by atoms with Crippen molar-refractivity contribution in [2.75, 3.05) is 0 Å². The monoisotopic (exact) mass is 658 g/mol. The fourth-order valence-electron chi connectivity index (χ4n) is 2.49. The van der Waals surface area contributed by atoms with E-state index in [4.69, 9.17) is 0 Å². The SMILES string of the molecule is O=C(c1c(C(F)(F)F)ccc(CBr)c1Br)c1c(C(F)(F)F)ccc(CBr)c1Br. The van der Waals surface area contributed by atoms with Crippen LogP contribution in [0.15, 0.2) is 33.2 Å². The van der Waals surface area contributed by atoms with E-state index in [2.05, 4.69) is 63.7 Å². The number of carbonyl (C=O) groups is 1. The molecule has 28 heavy (non-hydrogen) atoms. The van der Waals surface area contributed by atoms with Crippen molar-refractivity contribution in [2.24, 2.45) is 0 Å². The molecule has 0 aromatic heterocycles. The number of benzene rings is 2. The van der Waals surface area contributed by atoms with Crippen LogP contribution in [0.2, 0.25) is 0 Å². The molecule has 0 radical (unpaired) electrons. The molecule has 0 heterocycles. The Balaban J connectivity index is 2.91. The highest BCUT2D eigenvalue weighted by Crippen LogP contribution is 2.43. The molecule has 0 aliphatic carbocycles. The summed E-state index contributed by atoms with van der Waals surface area (Å²) in [6, 6.07) is 3.66. The quantitative estimate of drug-likeness (QED) is 0.183. The second-order valence-electron chi connectivity index (χ2n) is 5.51. The topological polar surface area (TPSA) is 17.1 Å². The Labute approximate surface area is 189 Å². The molecule has 0 saturated carbocycles. The molecule has 0 aliphatic heterocycles. The normalized spacial score (nSPS) is 12.4. The second kappa shape index (κ2) is 8.77. The molecule has 0 bridgehead atoms. The molecule has 0 N–H and O–H groups in total. The van der Waals surface area contributed by atoms with E-state index in [0.29, 0.717) is 12.1 Å². The summed E-state index contributed by atoms with van der Waals surface area (Å²) in [5.74, 6) is -1.39. The molecule has 0 amide bonds. The molecule has 0 atom stereocenters. The zero-order valence-electron chi connectivity index (χ0n) is 13.4. The molecule has 0 saturated heterocycles. The van der Waals surface area contributed by atoms with E-state index in [1.807, 2.05) is 0 Å². The Bertz CT molecular complexity index is 848. The molecule has 2 rings (SSSR count). The van der Waals surface area contributed by atoms with Crippen LogP contribution in [0.3, 0.4) is 0 Å². The Morgan fingerprint density at radius 2 is 1.04 bits per heavy atom. The van der Waals surface area contributed by atoms with Crippen molar-refractivity contribution in [3.05, 3.63) is 66.6 Å². The van der Waals surface area contributed by atoms with Crippen molar-refractivity contribution >= 4 is 69.5 Å². The Kier molecular flexibility index (Phi) is 7.48. The number of hydrogen-bond acceptors (Lipinski definition) is 1. The second-order valence-corrected chi connectivity index (χ2v) is 8.22. The van der Waals surface area contributed by atoms with E-state index < -0.39 is 40.4 Å². The molecule has 1 nitrogen and oxygen atoms in total. The maximum absolute atomic E-state index is 13.5. The maximum Gasteiger partial charge on any atom is 0.417 e. The van der Waals surface area contributed by atoms with Crippen LogP contribution < -0.4 is 0 Å². The third-order valence-corrected chi connectivity index (χ3v) is 6.82. The number of alkyl halides is 8. The van der Waals surface area contributed by atoms with Gasteiger partial charge in [-0.05, 0) is 55.1 Å². The van der Waals surface area contributed by atoms with Gasteiger partial charge in [0.15, 0.2) is 5.78 Å². The maximum atomic E-state index is 13.5. The molecule has 0 unspecified atom stereocenters. The third kappa shape index (κ3) is 4.67. The van der Waals surface area contributed by atoms with Gasteiger partial charge in [0, 0.05) is 30.7 Å². The molecular weight excluding hydrogens is 654 g/mol. The largest absolute Gasteiger partial charge is 0.417 e. The first kappa shape index (κ1) is 23.9. The van der Waals surface area contributed by atoms with Crippen molar-refractivity contribution in [1.82, 2.24) is 0 Å². The first-order valence-electron chi connectivity index (χ1n) is 7.28. The van der Waals surface area contributed by atoms with Gasteiger partial charge in [-0.15, -0.1) is 0 Å². The predicted octanol–water partition coefficient (Wildman–Crippen LogP) is 8.27. The first-order valence-corrected chi connectivity index (χ1v) is 11.1. The van der Waals surface area contributed by atoms with Gasteiger partial charge in [0.2, 0.25) is 0 Å².